The van der Waals surface area contributed by atoms with Crippen LogP contribution in [0.15, 0.2) is 72.8 Å². The molecule has 3 aromatic rings. The van der Waals surface area contributed by atoms with Crippen LogP contribution in [-0.2, 0) is 25.4 Å². The Hall–Kier alpha value is -2.26. The smallest absolute Gasteiger partial charge is 0.166 e. The zero-order valence-corrected chi connectivity index (χ0v) is 18.8. The van der Waals surface area contributed by atoms with Gasteiger partial charge in [0.05, 0.1) is 5.56 Å². The van der Waals surface area contributed by atoms with Crippen LogP contribution in [0.4, 0.5) is 13.2 Å². The molecule has 0 aliphatic heterocycles. The topological polar surface area (TPSA) is 0 Å². The summed E-state index contributed by atoms with van der Waals surface area (Å²) in [5.74, 6) is 0. The van der Waals surface area contributed by atoms with Gasteiger partial charge in [-0.3, -0.25) is 0 Å². The van der Waals surface area contributed by atoms with Crippen LogP contribution in [0, 0.1) is 6.92 Å². The average Bonchev–Trinajstić information content (AvgIpc) is 2.75. The van der Waals surface area contributed by atoms with E-state index >= 15 is 0 Å². The Morgan fingerprint density at radius 1 is 0.600 bits per heavy atom. The van der Waals surface area contributed by atoms with Crippen LogP contribution in [0.5, 0.6) is 0 Å². The molecule has 0 N–H and O–H groups in total. The summed E-state index contributed by atoms with van der Waals surface area (Å²) in [4.78, 5) is 0. The third-order valence-electron chi connectivity index (χ3n) is 4.54. The molecule has 162 valence electrons. The molecule has 3 rings (SSSR count). The maximum Gasteiger partial charge on any atom is 0.416 e. The van der Waals surface area contributed by atoms with Gasteiger partial charge in [-0.25, -0.2) is 0 Å². The fraction of sp³-hybridized carbons (Fsp3) is 0.308. The molecular formula is C26H30ClF3. The van der Waals surface area contributed by atoms with Crippen LogP contribution in [0.3, 0.4) is 0 Å². The Morgan fingerprint density at radius 3 is 1.27 bits per heavy atom. The number of halogens is 4. The quantitative estimate of drug-likeness (QED) is 0.386. The van der Waals surface area contributed by atoms with Crippen molar-refractivity contribution >= 4 is 11.6 Å². The molecule has 0 aliphatic rings. The van der Waals surface area contributed by atoms with Gasteiger partial charge in [-0.15, -0.1) is 0 Å². The van der Waals surface area contributed by atoms with E-state index in [-0.39, 0.29) is 0 Å². The molecule has 0 fully saturated rings. The second-order valence-electron chi connectivity index (χ2n) is 6.87. The van der Waals surface area contributed by atoms with E-state index in [0.29, 0.717) is 0 Å². The lowest BCUT2D eigenvalue weighted by molar-refractivity contribution is -0.137. The van der Waals surface area contributed by atoms with Crippen LogP contribution < -0.4 is 0 Å². The molecule has 0 aromatic heterocycles. The molecule has 0 spiro atoms. The Bertz CT molecular complexity index is 788. The number of alkyl halides is 3. The van der Waals surface area contributed by atoms with Crippen molar-refractivity contribution in [3.8, 4) is 0 Å². The standard InChI is InChI=1S/C9H9F3.C9H12.C8H9Cl/c1-2-7-3-5-8(6-4-7)9(10,11)12;1-3-9-6-4-8(2)5-7-9;1-2-7-3-5-8(9)6-4-7/h3-6H,2H2,1H3;4-7H,3H2,1-2H3;3-6H,2H2,1H3. The molecule has 0 heterocycles. The predicted molar refractivity (Wildman–Crippen MR) is 122 cm³/mol. The summed E-state index contributed by atoms with van der Waals surface area (Å²) in [5.41, 5.74) is 4.43. The number of aryl methyl sites for hydroxylation is 4. The second kappa shape index (κ2) is 13.1. The van der Waals surface area contributed by atoms with E-state index in [0.717, 1.165) is 42.0 Å². The predicted octanol–water partition coefficient (Wildman–Crippen LogP) is 8.73. The summed E-state index contributed by atoms with van der Waals surface area (Å²) in [5, 5.41) is 0.812. The molecule has 0 nitrogen and oxygen atoms in total. The lowest BCUT2D eigenvalue weighted by Crippen LogP contribution is -2.04. The highest BCUT2D eigenvalue weighted by molar-refractivity contribution is 6.30. The van der Waals surface area contributed by atoms with Gasteiger partial charge in [0.1, 0.15) is 0 Å². The van der Waals surface area contributed by atoms with Crippen LogP contribution in [0.25, 0.3) is 0 Å². The van der Waals surface area contributed by atoms with Crippen molar-refractivity contribution in [1.82, 2.24) is 0 Å². The van der Waals surface area contributed by atoms with Crippen molar-refractivity contribution in [2.75, 3.05) is 0 Å². The van der Waals surface area contributed by atoms with Gasteiger partial charge in [0, 0.05) is 5.02 Å². The van der Waals surface area contributed by atoms with Crippen molar-refractivity contribution in [3.05, 3.63) is 106 Å². The highest BCUT2D eigenvalue weighted by atomic mass is 35.5. The van der Waals surface area contributed by atoms with Crippen molar-refractivity contribution in [2.24, 2.45) is 0 Å². The molecule has 4 heteroatoms. The van der Waals surface area contributed by atoms with Gasteiger partial charge in [-0.1, -0.05) is 86.5 Å². The number of benzene rings is 3. The summed E-state index contributed by atoms with van der Waals surface area (Å²) in [6.45, 7) is 8.32. The molecular weight excluding hydrogens is 405 g/mol. The Labute approximate surface area is 183 Å². The summed E-state index contributed by atoms with van der Waals surface area (Å²) in [7, 11) is 0. The lowest BCUT2D eigenvalue weighted by atomic mass is 10.1. The molecule has 3 aromatic carbocycles. The Balaban J connectivity index is 0.000000229. The molecule has 0 unspecified atom stereocenters. The number of rotatable bonds is 3. The first-order valence-electron chi connectivity index (χ1n) is 10.2. The SMILES string of the molecule is CCc1ccc(C(F)(F)F)cc1.CCc1ccc(C)cc1.CCc1ccc(Cl)cc1. The Kier molecular flexibility index (Phi) is 11.3. The van der Waals surface area contributed by atoms with E-state index in [1.807, 2.05) is 31.2 Å². The molecule has 0 atom stereocenters. The van der Waals surface area contributed by atoms with Gasteiger partial charge in [0.25, 0.3) is 0 Å². The van der Waals surface area contributed by atoms with Crippen LogP contribution in [0.1, 0.15) is 48.6 Å². The normalized spacial score (nSPS) is 10.4. The summed E-state index contributed by atoms with van der Waals surface area (Å²) >= 11 is 5.67. The van der Waals surface area contributed by atoms with Crippen molar-refractivity contribution < 1.29 is 13.2 Å². The molecule has 0 amide bonds. The van der Waals surface area contributed by atoms with Gasteiger partial charge in [-0.05, 0) is 67.1 Å². The molecule has 0 radical (unpaired) electrons. The minimum absolute atomic E-state index is 0.584. The highest BCUT2D eigenvalue weighted by Gasteiger charge is 2.29. The monoisotopic (exact) mass is 434 g/mol. The zero-order chi connectivity index (χ0) is 22.6. The van der Waals surface area contributed by atoms with Gasteiger partial charge < -0.3 is 0 Å². The second-order valence-corrected chi connectivity index (χ2v) is 7.30. The van der Waals surface area contributed by atoms with Crippen LogP contribution >= 0.6 is 11.6 Å². The minimum atomic E-state index is -4.22. The molecule has 0 saturated heterocycles. The van der Waals surface area contributed by atoms with Crippen molar-refractivity contribution in [2.45, 2.75) is 53.1 Å². The third kappa shape index (κ3) is 9.98. The van der Waals surface area contributed by atoms with Crippen LogP contribution in [0.2, 0.25) is 5.02 Å². The largest absolute Gasteiger partial charge is 0.416 e. The molecule has 0 saturated carbocycles. The van der Waals surface area contributed by atoms with Crippen LogP contribution in [-0.4, -0.2) is 0 Å². The first-order chi connectivity index (χ1) is 14.2. The summed E-state index contributed by atoms with van der Waals surface area (Å²) in [6.07, 6.45) is -1.23. The van der Waals surface area contributed by atoms with E-state index in [4.69, 9.17) is 11.6 Å². The lowest BCUT2D eigenvalue weighted by Gasteiger charge is -2.06. The molecule has 30 heavy (non-hydrogen) atoms. The van der Waals surface area contributed by atoms with E-state index in [1.165, 1.54) is 28.8 Å². The van der Waals surface area contributed by atoms with E-state index in [1.54, 1.807) is 0 Å². The van der Waals surface area contributed by atoms with E-state index in [9.17, 15) is 13.2 Å². The maximum absolute atomic E-state index is 12.0. The molecule has 0 bridgehead atoms. The number of hydrogen-bond donors (Lipinski definition) is 0. The Morgan fingerprint density at radius 2 is 0.933 bits per heavy atom. The van der Waals surface area contributed by atoms with E-state index in [2.05, 4.69) is 45.0 Å². The average molecular weight is 435 g/mol. The highest BCUT2D eigenvalue weighted by Crippen LogP contribution is 2.29. The first kappa shape index (κ1) is 25.8. The summed E-state index contributed by atoms with van der Waals surface area (Å²) in [6, 6.07) is 21.8. The maximum atomic E-state index is 12.0. The third-order valence-corrected chi connectivity index (χ3v) is 4.79. The van der Waals surface area contributed by atoms with E-state index < -0.39 is 11.7 Å². The van der Waals surface area contributed by atoms with Gasteiger partial charge in [0.15, 0.2) is 0 Å². The van der Waals surface area contributed by atoms with Gasteiger partial charge >= 0.3 is 6.18 Å². The fourth-order valence-corrected chi connectivity index (χ4v) is 2.60. The summed E-state index contributed by atoms with van der Waals surface area (Å²) < 4.78 is 36.1. The first-order valence-corrected chi connectivity index (χ1v) is 10.5. The van der Waals surface area contributed by atoms with Gasteiger partial charge in [-0.2, -0.15) is 13.2 Å². The number of hydrogen-bond acceptors (Lipinski definition) is 0. The van der Waals surface area contributed by atoms with Crippen molar-refractivity contribution in [3.63, 3.8) is 0 Å². The molecule has 0 aliphatic carbocycles. The van der Waals surface area contributed by atoms with Crippen molar-refractivity contribution in [1.29, 1.82) is 0 Å². The zero-order valence-electron chi connectivity index (χ0n) is 18.1. The van der Waals surface area contributed by atoms with Gasteiger partial charge in [0.2, 0.25) is 0 Å². The minimum Gasteiger partial charge on any atom is -0.166 e. The fourth-order valence-electron chi connectivity index (χ4n) is 2.47.